The maximum atomic E-state index is 9.28. The molecule has 130 valence electrons. The monoisotopic (exact) mass is 449 g/mol. The Bertz CT molecular complexity index is 481. The zero-order valence-electron chi connectivity index (χ0n) is 14.0. The van der Waals surface area contributed by atoms with Gasteiger partial charge < -0.3 is 15.3 Å². The van der Waals surface area contributed by atoms with Crippen molar-refractivity contribution >= 4 is 41.7 Å². The maximum Gasteiger partial charge on any atom is 0.193 e. The lowest BCUT2D eigenvalue weighted by atomic mass is 10.1. The minimum absolute atomic E-state index is 0. The predicted octanol–water partition coefficient (Wildman–Crippen LogP) is 3.35. The molecule has 2 rings (SSSR count). The lowest BCUT2D eigenvalue weighted by molar-refractivity contribution is 0.408. The van der Waals surface area contributed by atoms with Crippen LogP contribution in [0.5, 0.6) is 5.75 Å². The highest BCUT2D eigenvalue weighted by molar-refractivity contribution is 14.0. The number of hydrogen-bond donors (Lipinski definition) is 2. The van der Waals surface area contributed by atoms with E-state index in [1.807, 2.05) is 19.2 Å². The Morgan fingerprint density at radius 1 is 1.39 bits per heavy atom. The second-order valence-corrected chi connectivity index (χ2v) is 7.00. The van der Waals surface area contributed by atoms with Crippen LogP contribution in [-0.4, -0.2) is 53.7 Å². The maximum absolute atomic E-state index is 9.28. The number of benzene rings is 1. The fourth-order valence-electron chi connectivity index (χ4n) is 2.65. The van der Waals surface area contributed by atoms with E-state index in [4.69, 9.17) is 0 Å². The van der Waals surface area contributed by atoms with Gasteiger partial charge in [-0.25, -0.2) is 0 Å². The second kappa shape index (κ2) is 11.0. The third kappa shape index (κ3) is 6.79. The lowest BCUT2D eigenvalue weighted by Gasteiger charge is -2.34. The Hall–Kier alpha value is -0.630. The van der Waals surface area contributed by atoms with Crippen LogP contribution >= 0.6 is 35.7 Å². The van der Waals surface area contributed by atoms with E-state index in [1.165, 1.54) is 17.7 Å². The summed E-state index contributed by atoms with van der Waals surface area (Å²) in [6.07, 6.45) is 3.29. The third-order valence-electron chi connectivity index (χ3n) is 3.97. The molecule has 1 unspecified atom stereocenters. The first kappa shape index (κ1) is 20.4. The number of phenols is 1. The van der Waals surface area contributed by atoms with Crippen molar-refractivity contribution in [3.8, 4) is 5.75 Å². The number of halogens is 1. The smallest absolute Gasteiger partial charge is 0.193 e. The van der Waals surface area contributed by atoms with Gasteiger partial charge in [0.1, 0.15) is 5.75 Å². The number of guanidine groups is 1. The first-order valence-corrected chi connectivity index (χ1v) is 9.13. The zero-order chi connectivity index (χ0) is 15.8. The Morgan fingerprint density at radius 2 is 2.13 bits per heavy atom. The van der Waals surface area contributed by atoms with E-state index in [0.717, 1.165) is 43.7 Å². The van der Waals surface area contributed by atoms with Gasteiger partial charge in [0, 0.05) is 37.7 Å². The topological polar surface area (TPSA) is 47.9 Å². The van der Waals surface area contributed by atoms with E-state index in [1.54, 1.807) is 12.1 Å². The van der Waals surface area contributed by atoms with E-state index in [9.17, 15) is 5.11 Å². The average molecular weight is 449 g/mol. The molecule has 1 fully saturated rings. The minimum Gasteiger partial charge on any atom is -0.508 e. The molecular formula is C17H28IN3OS. The van der Waals surface area contributed by atoms with E-state index in [-0.39, 0.29) is 24.0 Å². The molecule has 1 aromatic rings. The van der Waals surface area contributed by atoms with Crippen LogP contribution in [0.25, 0.3) is 0 Å². The van der Waals surface area contributed by atoms with Gasteiger partial charge >= 0.3 is 0 Å². The first-order valence-electron chi connectivity index (χ1n) is 8.08. The first-order chi connectivity index (χ1) is 10.7. The van der Waals surface area contributed by atoms with Crippen LogP contribution in [0.15, 0.2) is 29.3 Å². The Morgan fingerprint density at radius 3 is 2.78 bits per heavy atom. The SMILES string of the molecule is CCC1CN(C(=NC)NCCCc2ccc(O)cc2)CCS1.I. The van der Waals surface area contributed by atoms with Crippen molar-refractivity contribution in [1.82, 2.24) is 10.2 Å². The molecule has 23 heavy (non-hydrogen) atoms. The molecule has 0 saturated carbocycles. The summed E-state index contributed by atoms with van der Waals surface area (Å²) >= 11 is 2.08. The molecular weight excluding hydrogens is 421 g/mol. The molecule has 1 heterocycles. The number of aromatic hydroxyl groups is 1. The summed E-state index contributed by atoms with van der Waals surface area (Å²) in [6, 6.07) is 7.46. The van der Waals surface area contributed by atoms with Crippen molar-refractivity contribution < 1.29 is 5.11 Å². The highest BCUT2D eigenvalue weighted by Crippen LogP contribution is 2.21. The van der Waals surface area contributed by atoms with Crippen LogP contribution in [0.4, 0.5) is 0 Å². The molecule has 1 aliphatic rings. The fraction of sp³-hybridized carbons (Fsp3) is 0.588. The molecule has 0 spiro atoms. The predicted molar refractivity (Wildman–Crippen MR) is 111 cm³/mol. The summed E-state index contributed by atoms with van der Waals surface area (Å²) in [4.78, 5) is 6.81. The van der Waals surface area contributed by atoms with E-state index in [2.05, 4.69) is 33.9 Å². The average Bonchev–Trinajstić information content (AvgIpc) is 2.56. The van der Waals surface area contributed by atoms with E-state index >= 15 is 0 Å². The van der Waals surface area contributed by atoms with Gasteiger partial charge in [0.25, 0.3) is 0 Å². The summed E-state index contributed by atoms with van der Waals surface area (Å²) in [5.41, 5.74) is 1.26. The van der Waals surface area contributed by atoms with Crippen LogP contribution < -0.4 is 5.32 Å². The van der Waals surface area contributed by atoms with Gasteiger partial charge in [-0.1, -0.05) is 19.1 Å². The summed E-state index contributed by atoms with van der Waals surface area (Å²) in [5, 5.41) is 13.5. The highest BCUT2D eigenvalue weighted by Gasteiger charge is 2.21. The molecule has 0 amide bonds. The molecule has 0 aromatic heterocycles. The standard InChI is InChI=1S/C17H27N3OS.HI/c1-3-16-13-20(11-12-22-16)17(18-2)19-10-4-5-14-6-8-15(21)9-7-14;/h6-9,16,21H,3-5,10-13H2,1-2H3,(H,18,19);1H. The normalized spacial score (nSPS) is 18.4. The molecule has 2 N–H and O–H groups in total. The molecule has 0 radical (unpaired) electrons. The molecule has 4 nitrogen and oxygen atoms in total. The molecule has 0 aliphatic carbocycles. The van der Waals surface area contributed by atoms with Gasteiger partial charge in [0.05, 0.1) is 0 Å². The van der Waals surface area contributed by atoms with Crippen molar-refractivity contribution in [3.63, 3.8) is 0 Å². The number of hydrogen-bond acceptors (Lipinski definition) is 3. The zero-order valence-corrected chi connectivity index (χ0v) is 17.1. The number of phenolic OH excluding ortho intramolecular Hbond substituents is 1. The number of aliphatic imine (C=N–C) groups is 1. The summed E-state index contributed by atoms with van der Waals surface area (Å²) < 4.78 is 0. The van der Waals surface area contributed by atoms with Crippen LogP contribution in [-0.2, 0) is 6.42 Å². The Labute approximate surface area is 161 Å². The van der Waals surface area contributed by atoms with Gasteiger partial charge in [0.15, 0.2) is 5.96 Å². The van der Waals surface area contributed by atoms with E-state index < -0.39 is 0 Å². The number of nitrogens with zero attached hydrogens (tertiary/aromatic N) is 2. The number of nitrogens with one attached hydrogen (secondary N) is 1. The molecule has 1 saturated heterocycles. The fourth-order valence-corrected chi connectivity index (χ4v) is 3.83. The van der Waals surface area contributed by atoms with E-state index in [0.29, 0.717) is 5.75 Å². The van der Waals surface area contributed by atoms with Crippen molar-refractivity contribution in [2.45, 2.75) is 31.4 Å². The summed E-state index contributed by atoms with van der Waals surface area (Å²) in [7, 11) is 1.87. The minimum atomic E-state index is 0. The quantitative estimate of drug-likeness (QED) is 0.313. The van der Waals surface area contributed by atoms with Gasteiger partial charge in [0.2, 0.25) is 0 Å². The molecule has 1 aromatic carbocycles. The molecule has 1 atom stereocenters. The Kier molecular flexibility index (Phi) is 9.78. The number of rotatable bonds is 5. The third-order valence-corrected chi connectivity index (χ3v) is 5.34. The lowest BCUT2D eigenvalue weighted by Crippen LogP contribution is -2.48. The van der Waals surface area contributed by atoms with Crippen LogP contribution in [0.3, 0.4) is 0 Å². The summed E-state index contributed by atoms with van der Waals surface area (Å²) in [5.74, 6) is 2.55. The molecule has 1 aliphatic heterocycles. The molecule has 6 heteroatoms. The highest BCUT2D eigenvalue weighted by atomic mass is 127. The van der Waals surface area contributed by atoms with Crippen molar-refractivity contribution in [3.05, 3.63) is 29.8 Å². The Balaban J connectivity index is 0.00000264. The van der Waals surface area contributed by atoms with Gasteiger partial charge in [-0.05, 0) is 37.0 Å². The van der Waals surface area contributed by atoms with Crippen molar-refractivity contribution in [1.29, 1.82) is 0 Å². The van der Waals surface area contributed by atoms with Crippen molar-refractivity contribution in [2.75, 3.05) is 32.4 Å². The number of aryl methyl sites for hydroxylation is 1. The van der Waals surface area contributed by atoms with Crippen molar-refractivity contribution in [2.24, 2.45) is 4.99 Å². The van der Waals surface area contributed by atoms with Gasteiger partial charge in [-0.15, -0.1) is 24.0 Å². The van der Waals surface area contributed by atoms with Crippen LogP contribution in [0, 0.1) is 0 Å². The van der Waals surface area contributed by atoms with Gasteiger partial charge in [-0.2, -0.15) is 11.8 Å². The largest absolute Gasteiger partial charge is 0.508 e. The van der Waals surface area contributed by atoms with Crippen LogP contribution in [0.1, 0.15) is 25.3 Å². The van der Waals surface area contributed by atoms with Gasteiger partial charge in [-0.3, -0.25) is 4.99 Å². The number of thioether (sulfide) groups is 1. The van der Waals surface area contributed by atoms with Crippen LogP contribution in [0.2, 0.25) is 0 Å². The molecule has 0 bridgehead atoms. The summed E-state index contributed by atoms with van der Waals surface area (Å²) in [6.45, 7) is 5.36. The second-order valence-electron chi connectivity index (χ2n) is 5.59.